The highest BCUT2D eigenvalue weighted by Gasteiger charge is 2.38. The second kappa shape index (κ2) is 7.30. The zero-order valence-corrected chi connectivity index (χ0v) is 15.0. The van der Waals surface area contributed by atoms with Crippen molar-refractivity contribution in [2.45, 2.75) is 17.6 Å². The number of nitrogens with zero attached hydrogens (tertiary/aromatic N) is 1. The van der Waals surface area contributed by atoms with Crippen LogP contribution in [0.4, 0.5) is 23.2 Å². The van der Waals surface area contributed by atoms with Crippen molar-refractivity contribution in [1.29, 1.82) is 0 Å². The molecule has 4 nitrogen and oxygen atoms in total. The number of nitrogen functional groups attached to an aromatic ring is 1. The van der Waals surface area contributed by atoms with Gasteiger partial charge < -0.3 is 5.73 Å². The van der Waals surface area contributed by atoms with Gasteiger partial charge in [-0.3, -0.25) is 0 Å². The SMILES string of the molecule is Nc1cc(Br)c(F)c(S(=O)(=O)N(Cc2ccccc2)CC(F)(F)F)c1. The zero-order valence-electron chi connectivity index (χ0n) is 12.6. The van der Waals surface area contributed by atoms with Gasteiger partial charge in [-0.1, -0.05) is 30.3 Å². The van der Waals surface area contributed by atoms with Gasteiger partial charge in [-0.15, -0.1) is 0 Å². The van der Waals surface area contributed by atoms with Gasteiger partial charge in [-0.25, -0.2) is 12.8 Å². The highest BCUT2D eigenvalue weighted by Crippen LogP contribution is 2.30. The molecule has 136 valence electrons. The van der Waals surface area contributed by atoms with Crippen molar-refractivity contribution in [2.75, 3.05) is 12.3 Å². The van der Waals surface area contributed by atoms with Gasteiger partial charge in [-0.2, -0.15) is 17.5 Å². The van der Waals surface area contributed by atoms with Gasteiger partial charge in [-0.05, 0) is 33.6 Å². The third kappa shape index (κ3) is 4.93. The Bertz CT molecular complexity index is 858. The second-order valence-electron chi connectivity index (χ2n) is 5.19. The molecule has 0 spiro atoms. The number of anilines is 1. The summed E-state index contributed by atoms with van der Waals surface area (Å²) in [5, 5.41) is 0. The van der Waals surface area contributed by atoms with E-state index in [1.807, 2.05) is 0 Å². The summed E-state index contributed by atoms with van der Waals surface area (Å²) in [6, 6.07) is 9.63. The van der Waals surface area contributed by atoms with Crippen molar-refractivity contribution in [3.63, 3.8) is 0 Å². The lowest BCUT2D eigenvalue weighted by atomic mass is 10.2. The van der Waals surface area contributed by atoms with Crippen LogP contribution in [0.2, 0.25) is 0 Å². The van der Waals surface area contributed by atoms with Crippen LogP contribution >= 0.6 is 15.9 Å². The average molecular weight is 441 g/mol. The number of alkyl halides is 3. The molecule has 0 saturated carbocycles. The molecule has 2 aromatic rings. The molecule has 0 aromatic heterocycles. The molecule has 0 radical (unpaired) electrons. The Morgan fingerprint density at radius 1 is 1.12 bits per heavy atom. The van der Waals surface area contributed by atoms with E-state index in [1.54, 1.807) is 18.2 Å². The third-order valence-corrected chi connectivity index (χ3v) is 5.56. The summed E-state index contributed by atoms with van der Waals surface area (Å²) in [7, 11) is -4.78. The molecular formula is C15H13BrF4N2O2S. The van der Waals surface area contributed by atoms with Crippen molar-refractivity contribution < 1.29 is 26.0 Å². The summed E-state index contributed by atoms with van der Waals surface area (Å²) in [6.07, 6.45) is -4.80. The highest BCUT2D eigenvalue weighted by atomic mass is 79.9. The monoisotopic (exact) mass is 440 g/mol. The quantitative estimate of drug-likeness (QED) is 0.565. The van der Waals surface area contributed by atoms with E-state index >= 15 is 0 Å². The van der Waals surface area contributed by atoms with Crippen molar-refractivity contribution in [1.82, 2.24) is 4.31 Å². The summed E-state index contributed by atoms with van der Waals surface area (Å²) in [4.78, 5) is -0.917. The predicted molar refractivity (Wildman–Crippen MR) is 88.6 cm³/mol. The van der Waals surface area contributed by atoms with Crippen molar-refractivity contribution in [2.24, 2.45) is 0 Å². The molecule has 2 rings (SSSR count). The number of hydrogen-bond acceptors (Lipinski definition) is 3. The first kappa shape index (κ1) is 19.7. The molecule has 25 heavy (non-hydrogen) atoms. The number of rotatable bonds is 5. The molecular weight excluding hydrogens is 428 g/mol. The minimum absolute atomic E-state index is 0.0986. The number of benzene rings is 2. The van der Waals surface area contributed by atoms with Gasteiger partial charge in [0.1, 0.15) is 11.4 Å². The van der Waals surface area contributed by atoms with E-state index in [9.17, 15) is 26.0 Å². The molecule has 0 bridgehead atoms. The Kier molecular flexibility index (Phi) is 5.75. The molecule has 0 amide bonds. The Morgan fingerprint density at radius 3 is 2.28 bits per heavy atom. The molecule has 0 aliphatic rings. The first-order chi connectivity index (χ1) is 11.5. The van der Waals surface area contributed by atoms with Crippen LogP contribution in [-0.4, -0.2) is 25.4 Å². The van der Waals surface area contributed by atoms with Crippen LogP contribution in [0.25, 0.3) is 0 Å². The second-order valence-corrected chi connectivity index (χ2v) is 7.95. The standard InChI is InChI=1S/C15H13BrF4N2O2S/c16-12-6-11(21)7-13(14(12)17)25(23,24)22(9-15(18,19)20)8-10-4-2-1-3-5-10/h1-7H,8-9,21H2. The molecule has 0 saturated heterocycles. The van der Waals surface area contributed by atoms with Crippen LogP contribution in [0.3, 0.4) is 0 Å². The van der Waals surface area contributed by atoms with Gasteiger partial charge in [0, 0.05) is 12.2 Å². The minimum atomic E-state index is -4.80. The number of sulfonamides is 1. The maximum absolute atomic E-state index is 14.2. The largest absolute Gasteiger partial charge is 0.402 e. The lowest BCUT2D eigenvalue weighted by Crippen LogP contribution is -2.38. The lowest BCUT2D eigenvalue weighted by Gasteiger charge is -2.24. The van der Waals surface area contributed by atoms with Crippen LogP contribution in [0, 0.1) is 5.82 Å². The average Bonchev–Trinajstić information content (AvgIpc) is 2.50. The van der Waals surface area contributed by atoms with Crippen LogP contribution in [0.1, 0.15) is 5.56 Å². The summed E-state index contributed by atoms with van der Waals surface area (Å²) in [6.45, 7) is -2.31. The minimum Gasteiger partial charge on any atom is -0.399 e. The van der Waals surface area contributed by atoms with Gasteiger partial charge in [0.15, 0.2) is 5.82 Å². The molecule has 0 unspecified atom stereocenters. The summed E-state index contributed by atoms with van der Waals surface area (Å²) in [5.74, 6) is -1.20. The van der Waals surface area contributed by atoms with E-state index in [1.165, 1.54) is 12.1 Å². The summed E-state index contributed by atoms with van der Waals surface area (Å²) >= 11 is 2.81. The Hall–Kier alpha value is -1.65. The van der Waals surface area contributed by atoms with E-state index in [4.69, 9.17) is 5.73 Å². The Labute approximate surface area is 150 Å². The van der Waals surface area contributed by atoms with E-state index in [0.29, 0.717) is 5.56 Å². The number of hydrogen-bond donors (Lipinski definition) is 1. The number of nitrogens with two attached hydrogens (primary N) is 1. The molecule has 10 heteroatoms. The fourth-order valence-electron chi connectivity index (χ4n) is 2.12. The summed E-state index contributed by atoms with van der Waals surface area (Å²) < 4.78 is 78.1. The zero-order chi connectivity index (χ0) is 18.8. The van der Waals surface area contributed by atoms with Crippen molar-refractivity contribution >= 4 is 31.6 Å². The molecule has 2 N–H and O–H groups in total. The van der Waals surface area contributed by atoms with E-state index in [-0.39, 0.29) is 14.5 Å². The summed E-state index contributed by atoms with van der Waals surface area (Å²) in [5.41, 5.74) is 5.74. The maximum atomic E-state index is 14.2. The molecule has 0 heterocycles. The van der Waals surface area contributed by atoms with E-state index < -0.39 is 40.0 Å². The molecule has 0 atom stereocenters. The smallest absolute Gasteiger partial charge is 0.399 e. The maximum Gasteiger partial charge on any atom is 0.402 e. The molecule has 2 aromatic carbocycles. The fraction of sp³-hybridized carbons (Fsp3) is 0.200. The van der Waals surface area contributed by atoms with Crippen molar-refractivity contribution in [3.8, 4) is 0 Å². The Balaban J connectivity index is 2.52. The van der Waals surface area contributed by atoms with Crippen LogP contribution in [-0.2, 0) is 16.6 Å². The predicted octanol–water partition coefficient (Wildman–Crippen LogP) is 3.92. The van der Waals surface area contributed by atoms with E-state index in [0.717, 1.165) is 12.1 Å². The van der Waals surface area contributed by atoms with Crippen LogP contribution in [0.15, 0.2) is 51.8 Å². The van der Waals surface area contributed by atoms with Gasteiger partial charge >= 0.3 is 6.18 Å². The van der Waals surface area contributed by atoms with Gasteiger partial charge in [0.25, 0.3) is 0 Å². The first-order valence-corrected chi connectivity index (χ1v) is 9.09. The van der Waals surface area contributed by atoms with Crippen molar-refractivity contribution in [3.05, 3.63) is 58.3 Å². The normalized spacial score (nSPS) is 12.6. The Morgan fingerprint density at radius 2 is 1.72 bits per heavy atom. The van der Waals surface area contributed by atoms with Gasteiger partial charge in [0.2, 0.25) is 10.0 Å². The fourth-order valence-corrected chi connectivity index (χ4v) is 4.27. The topological polar surface area (TPSA) is 63.4 Å². The molecule has 0 aliphatic heterocycles. The van der Waals surface area contributed by atoms with Crippen LogP contribution in [0.5, 0.6) is 0 Å². The first-order valence-electron chi connectivity index (χ1n) is 6.86. The van der Waals surface area contributed by atoms with Crippen LogP contribution < -0.4 is 5.73 Å². The highest BCUT2D eigenvalue weighted by molar-refractivity contribution is 9.10. The molecule has 0 aliphatic carbocycles. The van der Waals surface area contributed by atoms with E-state index in [2.05, 4.69) is 15.9 Å². The third-order valence-electron chi connectivity index (χ3n) is 3.19. The number of halogens is 5. The molecule has 0 fully saturated rings. The lowest BCUT2D eigenvalue weighted by molar-refractivity contribution is -0.136. The van der Waals surface area contributed by atoms with Gasteiger partial charge in [0.05, 0.1) is 4.47 Å².